The third-order valence-electron chi connectivity index (χ3n) is 3.73. The molecule has 0 heterocycles. The molecule has 1 N–H and O–H groups in total. The molecule has 1 aliphatic rings. The van der Waals surface area contributed by atoms with Gasteiger partial charge in [0.15, 0.2) is 0 Å². The molecule has 0 radical (unpaired) electrons. The highest BCUT2D eigenvalue weighted by Crippen LogP contribution is 2.29. The van der Waals surface area contributed by atoms with Crippen molar-refractivity contribution in [2.45, 2.75) is 53.0 Å². The van der Waals surface area contributed by atoms with E-state index in [-0.39, 0.29) is 5.41 Å². The fourth-order valence-electron chi connectivity index (χ4n) is 2.17. The van der Waals surface area contributed by atoms with Gasteiger partial charge in [-0.1, -0.05) is 13.8 Å². The minimum Gasteiger partial charge on any atom is -0.312 e. The summed E-state index contributed by atoms with van der Waals surface area (Å²) in [4.78, 5) is 0. The standard InChI is InChI=1S/C13H24N2/c1-10-5-6-12(7-11(10)2)15-9-13(3,4)8-14/h10-12,15H,5-7,9H2,1-4H3. The van der Waals surface area contributed by atoms with Gasteiger partial charge in [0.05, 0.1) is 11.5 Å². The van der Waals surface area contributed by atoms with Crippen molar-refractivity contribution in [3.05, 3.63) is 0 Å². The number of hydrogen-bond donors (Lipinski definition) is 1. The van der Waals surface area contributed by atoms with Crippen molar-refractivity contribution in [1.82, 2.24) is 5.32 Å². The smallest absolute Gasteiger partial charge is 0.0697 e. The predicted octanol–water partition coefficient (Wildman–Crippen LogP) is 2.95. The molecule has 86 valence electrons. The molecular formula is C13H24N2. The molecule has 1 rings (SSSR count). The Labute approximate surface area is 94.1 Å². The Morgan fingerprint density at radius 1 is 1.27 bits per heavy atom. The molecule has 2 nitrogen and oxygen atoms in total. The van der Waals surface area contributed by atoms with Gasteiger partial charge in [-0.2, -0.15) is 5.26 Å². The first-order valence-electron chi connectivity index (χ1n) is 6.09. The van der Waals surface area contributed by atoms with Crippen LogP contribution in [0.3, 0.4) is 0 Å². The van der Waals surface area contributed by atoms with Crippen molar-refractivity contribution in [1.29, 1.82) is 5.26 Å². The van der Waals surface area contributed by atoms with E-state index in [2.05, 4.69) is 25.2 Å². The number of nitriles is 1. The van der Waals surface area contributed by atoms with Crippen molar-refractivity contribution in [3.63, 3.8) is 0 Å². The molecule has 3 unspecified atom stereocenters. The van der Waals surface area contributed by atoms with E-state index in [1.807, 2.05) is 13.8 Å². The molecule has 1 saturated carbocycles. The Morgan fingerprint density at radius 3 is 2.47 bits per heavy atom. The Bertz CT molecular complexity index is 239. The Morgan fingerprint density at radius 2 is 1.93 bits per heavy atom. The first-order chi connectivity index (χ1) is 6.94. The second-order valence-corrected chi connectivity index (χ2v) is 5.84. The summed E-state index contributed by atoms with van der Waals surface area (Å²) in [7, 11) is 0. The molecule has 15 heavy (non-hydrogen) atoms. The molecule has 0 spiro atoms. The Kier molecular flexibility index (Phi) is 4.16. The molecule has 3 atom stereocenters. The van der Waals surface area contributed by atoms with E-state index in [9.17, 15) is 0 Å². The van der Waals surface area contributed by atoms with Crippen LogP contribution in [0.25, 0.3) is 0 Å². The van der Waals surface area contributed by atoms with Crippen LogP contribution >= 0.6 is 0 Å². The Hall–Kier alpha value is -0.550. The second-order valence-electron chi connectivity index (χ2n) is 5.84. The van der Waals surface area contributed by atoms with E-state index in [1.54, 1.807) is 0 Å². The summed E-state index contributed by atoms with van der Waals surface area (Å²) in [6, 6.07) is 2.97. The zero-order valence-electron chi connectivity index (χ0n) is 10.5. The topological polar surface area (TPSA) is 35.8 Å². The van der Waals surface area contributed by atoms with E-state index in [0.29, 0.717) is 6.04 Å². The summed E-state index contributed by atoms with van der Waals surface area (Å²) in [5, 5.41) is 12.5. The van der Waals surface area contributed by atoms with Crippen LogP contribution in [0, 0.1) is 28.6 Å². The molecule has 0 bridgehead atoms. The number of hydrogen-bond acceptors (Lipinski definition) is 2. The second kappa shape index (κ2) is 4.99. The van der Waals surface area contributed by atoms with Crippen LogP contribution in [0.4, 0.5) is 0 Å². The van der Waals surface area contributed by atoms with Crippen LogP contribution < -0.4 is 5.32 Å². The summed E-state index contributed by atoms with van der Waals surface area (Å²) in [5.74, 6) is 1.69. The first kappa shape index (κ1) is 12.5. The SMILES string of the molecule is CC1CCC(NCC(C)(C)C#N)CC1C. The molecule has 0 aliphatic heterocycles. The minimum atomic E-state index is -0.230. The van der Waals surface area contributed by atoms with Gasteiger partial charge in [-0.25, -0.2) is 0 Å². The lowest BCUT2D eigenvalue weighted by atomic mass is 9.79. The van der Waals surface area contributed by atoms with Crippen molar-refractivity contribution < 1.29 is 0 Å². The van der Waals surface area contributed by atoms with Gasteiger partial charge in [0.25, 0.3) is 0 Å². The maximum Gasteiger partial charge on any atom is 0.0697 e. The predicted molar refractivity (Wildman–Crippen MR) is 63.4 cm³/mol. The highest BCUT2D eigenvalue weighted by molar-refractivity contribution is 4.94. The summed E-state index contributed by atoms with van der Waals surface area (Å²) in [5.41, 5.74) is -0.230. The summed E-state index contributed by atoms with van der Waals surface area (Å²) >= 11 is 0. The molecule has 1 aliphatic carbocycles. The zero-order chi connectivity index (χ0) is 11.5. The van der Waals surface area contributed by atoms with Crippen LogP contribution in [-0.4, -0.2) is 12.6 Å². The molecule has 0 aromatic heterocycles. The van der Waals surface area contributed by atoms with Gasteiger partial charge in [-0.3, -0.25) is 0 Å². The highest BCUT2D eigenvalue weighted by Gasteiger charge is 2.26. The van der Waals surface area contributed by atoms with Gasteiger partial charge in [0, 0.05) is 12.6 Å². The van der Waals surface area contributed by atoms with Crippen molar-refractivity contribution in [2.75, 3.05) is 6.54 Å². The van der Waals surface area contributed by atoms with Gasteiger partial charge < -0.3 is 5.32 Å². The van der Waals surface area contributed by atoms with Crippen LogP contribution in [0.5, 0.6) is 0 Å². The maximum absolute atomic E-state index is 8.93. The maximum atomic E-state index is 8.93. The van der Waals surface area contributed by atoms with E-state index in [4.69, 9.17) is 5.26 Å². The van der Waals surface area contributed by atoms with E-state index in [1.165, 1.54) is 19.3 Å². The van der Waals surface area contributed by atoms with Crippen molar-refractivity contribution in [2.24, 2.45) is 17.3 Å². The quantitative estimate of drug-likeness (QED) is 0.774. The summed E-state index contributed by atoms with van der Waals surface area (Å²) < 4.78 is 0. The number of nitrogens with zero attached hydrogens (tertiary/aromatic N) is 1. The van der Waals surface area contributed by atoms with E-state index in [0.717, 1.165) is 18.4 Å². The molecule has 2 heteroatoms. The average Bonchev–Trinajstić information content (AvgIpc) is 2.20. The van der Waals surface area contributed by atoms with E-state index >= 15 is 0 Å². The van der Waals surface area contributed by atoms with Gasteiger partial charge in [0.1, 0.15) is 0 Å². The third-order valence-corrected chi connectivity index (χ3v) is 3.73. The largest absolute Gasteiger partial charge is 0.312 e. The lowest BCUT2D eigenvalue weighted by molar-refractivity contribution is 0.218. The molecule has 0 saturated heterocycles. The fourth-order valence-corrected chi connectivity index (χ4v) is 2.17. The fraction of sp³-hybridized carbons (Fsp3) is 0.923. The molecule has 0 aromatic rings. The third kappa shape index (κ3) is 3.83. The zero-order valence-corrected chi connectivity index (χ0v) is 10.5. The molecule has 1 fully saturated rings. The summed E-state index contributed by atoms with van der Waals surface area (Å²) in [6.45, 7) is 9.49. The number of rotatable bonds is 3. The molecule has 0 amide bonds. The Balaban J connectivity index is 2.32. The monoisotopic (exact) mass is 208 g/mol. The minimum absolute atomic E-state index is 0.230. The molecular weight excluding hydrogens is 184 g/mol. The first-order valence-corrected chi connectivity index (χ1v) is 6.09. The highest BCUT2D eigenvalue weighted by atomic mass is 14.9. The lowest BCUT2D eigenvalue weighted by Crippen LogP contribution is -2.40. The van der Waals surface area contributed by atoms with Crippen molar-refractivity contribution in [3.8, 4) is 6.07 Å². The molecule has 0 aromatic carbocycles. The van der Waals surface area contributed by atoms with Gasteiger partial charge in [-0.05, 0) is 44.9 Å². The lowest BCUT2D eigenvalue weighted by Gasteiger charge is -2.33. The van der Waals surface area contributed by atoms with Crippen LogP contribution in [0.2, 0.25) is 0 Å². The average molecular weight is 208 g/mol. The van der Waals surface area contributed by atoms with Crippen LogP contribution in [-0.2, 0) is 0 Å². The van der Waals surface area contributed by atoms with Gasteiger partial charge >= 0.3 is 0 Å². The van der Waals surface area contributed by atoms with Crippen LogP contribution in [0.15, 0.2) is 0 Å². The number of nitrogens with one attached hydrogen (secondary N) is 1. The normalized spacial score (nSPS) is 32.3. The van der Waals surface area contributed by atoms with E-state index < -0.39 is 0 Å². The van der Waals surface area contributed by atoms with Crippen molar-refractivity contribution >= 4 is 0 Å². The summed E-state index contributed by atoms with van der Waals surface area (Å²) in [6.07, 6.45) is 3.86. The van der Waals surface area contributed by atoms with Gasteiger partial charge in [0.2, 0.25) is 0 Å². The van der Waals surface area contributed by atoms with Crippen LogP contribution in [0.1, 0.15) is 47.0 Å². The van der Waals surface area contributed by atoms with Gasteiger partial charge in [-0.15, -0.1) is 0 Å².